The van der Waals surface area contributed by atoms with Crippen LogP contribution in [0, 0.1) is 0 Å². The van der Waals surface area contributed by atoms with Crippen LogP contribution in [0.2, 0.25) is 0 Å². The third-order valence-corrected chi connectivity index (χ3v) is 5.42. The zero-order chi connectivity index (χ0) is 20.1. The highest BCUT2D eigenvalue weighted by atomic mass is 32.1. The van der Waals surface area contributed by atoms with Gasteiger partial charge in [-0.25, -0.2) is 4.98 Å². The molecule has 0 aliphatic rings. The van der Waals surface area contributed by atoms with Gasteiger partial charge in [0.15, 0.2) is 11.5 Å². The summed E-state index contributed by atoms with van der Waals surface area (Å²) >= 11 is 1.08. The van der Waals surface area contributed by atoms with Crippen LogP contribution in [-0.4, -0.2) is 42.3 Å². The molecule has 3 rings (SSSR count). The first kappa shape index (κ1) is 20.0. The number of ether oxygens (including phenoxy) is 3. The van der Waals surface area contributed by atoms with Gasteiger partial charge in [0, 0.05) is 19.7 Å². The van der Waals surface area contributed by atoms with E-state index in [0.29, 0.717) is 34.9 Å². The van der Waals surface area contributed by atoms with Crippen LogP contribution in [0.3, 0.4) is 0 Å². The quantitative estimate of drug-likeness (QED) is 0.538. The number of hydrogen-bond donors (Lipinski definition) is 0. The van der Waals surface area contributed by atoms with E-state index in [1.165, 1.54) is 3.96 Å². The molecule has 0 spiro atoms. The smallest absolute Gasteiger partial charge is 0.277 e. The van der Waals surface area contributed by atoms with E-state index in [1.807, 2.05) is 25.1 Å². The van der Waals surface area contributed by atoms with Crippen molar-refractivity contribution in [3.63, 3.8) is 0 Å². The first-order valence-corrected chi connectivity index (χ1v) is 9.62. The van der Waals surface area contributed by atoms with Gasteiger partial charge >= 0.3 is 0 Å². The highest BCUT2D eigenvalue weighted by Crippen LogP contribution is 2.32. The zero-order valence-corrected chi connectivity index (χ0v) is 16.8. The van der Waals surface area contributed by atoms with Crippen LogP contribution in [0.4, 0.5) is 0 Å². The monoisotopic (exact) mass is 402 g/mol. The summed E-state index contributed by atoms with van der Waals surface area (Å²) in [7, 11) is 3.18. The molecule has 0 aliphatic heterocycles. The molecule has 0 amide bonds. The predicted octanol–water partition coefficient (Wildman–Crippen LogP) is 3.33. The maximum Gasteiger partial charge on any atom is 0.277 e. The Hall–Kier alpha value is -2.71. The number of carbonyl (C=O) groups is 1. The molecule has 0 fully saturated rings. The van der Waals surface area contributed by atoms with E-state index >= 15 is 0 Å². The van der Waals surface area contributed by atoms with E-state index in [2.05, 4.69) is 4.98 Å². The molecule has 1 atom stereocenters. The Labute approximate surface area is 166 Å². The number of nitrogens with zero attached hydrogens (tertiary/aromatic N) is 2. The highest BCUT2D eigenvalue weighted by molar-refractivity contribution is 7.14. The number of benzene rings is 1. The van der Waals surface area contributed by atoms with Gasteiger partial charge in [-0.2, -0.15) is 3.96 Å². The number of hydrogen-bond acceptors (Lipinski definition) is 7. The Bertz CT molecular complexity index is 1030. The van der Waals surface area contributed by atoms with Crippen molar-refractivity contribution in [2.45, 2.75) is 19.3 Å². The summed E-state index contributed by atoms with van der Waals surface area (Å²) in [4.78, 5) is 29.8. The second-order valence-corrected chi connectivity index (χ2v) is 7.23. The number of rotatable bonds is 8. The standard InChI is InChI=1S/C20H22N2O5S/c1-13(14-6-7-16(17(12-14)26-3)27-10-9-25-2)11-18(23)22-20(24)15-5-4-8-21-19(15)28-22/h4-8,12-13H,9-11H2,1-3H3. The molecule has 1 aromatic carbocycles. The Morgan fingerprint density at radius 3 is 2.75 bits per heavy atom. The van der Waals surface area contributed by atoms with Gasteiger partial charge in [-0.1, -0.05) is 13.0 Å². The van der Waals surface area contributed by atoms with Crippen molar-refractivity contribution in [1.29, 1.82) is 0 Å². The molecule has 7 nitrogen and oxygen atoms in total. The minimum absolute atomic E-state index is 0.0977. The molecule has 0 bridgehead atoms. The Balaban J connectivity index is 1.76. The van der Waals surface area contributed by atoms with Crippen molar-refractivity contribution in [2.24, 2.45) is 0 Å². The molecule has 0 N–H and O–H groups in total. The molecule has 3 aromatic rings. The van der Waals surface area contributed by atoms with Crippen LogP contribution in [-0.2, 0) is 4.74 Å². The van der Waals surface area contributed by atoms with Gasteiger partial charge < -0.3 is 14.2 Å². The number of methoxy groups -OCH3 is 2. The maximum atomic E-state index is 12.7. The summed E-state index contributed by atoms with van der Waals surface area (Å²) in [5.41, 5.74) is 0.612. The molecule has 1 unspecified atom stereocenters. The van der Waals surface area contributed by atoms with Crippen LogP contribution in [0.25, 0.3) is 10.2 Å². The van der Waals surface area contributed by atoms with Gasteiger partial charge in [0.05, 0.1) is 19.1 Å². The third kappa shape index (κ3) is 4.23. The first-order chi connectivity index (χ1) is 13.5. The van der Waals surface area contributed by atoms with Gasteiger partial charge in [0.2, 0.25) is 5.91 Å². The highest BCUT2D eigenvalue weighted by Gasteiger charge is 2.19. The second-order valence-electron chi connectivity index (χ2n) is 6.30. The molecule has 2 heterocycles. The van der Waals surface area contributed by atoms with Gasteiger partial charge in [0.25, 0.3) is 5.56 Å². The van der Waals surface area contributed by atoms with Gasteiger partial charge in [-0.05, 0) is 47.3 Å². The van der Waals surface area contributed by atoms with E-state index in [1.54, 1.807) is 32.5 Å². The van der Waals surface area contributed by atoms with Crippen LogP contribution < -0.4 is 15.0 Å². The van der Waals surface area contributed by atoms with Crippen molar-refractivity contribution >= 4 is 27.7 Å². The molecule has 0 radical (unpaired) electrons. The van der Waals surface area contributed by atoms with E-state index in [0.717, 1.165) is 17.1 Å². The number of aromatic nitrogens is 2. The molecular weight excluding hydrogens is 380 g/mol. The van der Waals surface area contributed by atoms with Crippen LogP contribution >= 0.6 is 11.5 Å². The first-order valence-electron chi connectivity index (χ1n) is 8.85. The average molecular weight is 402 g/mol. The van der Waals surface area contributed by atoms with Gasteiger partial charge in [-0.3, -0.25) is 9.59 Å². The van der Waals surface area contributed by atoms with E-state index in [4.69, 9.17) is 14.2 Å². The van der Waals surface area contributed by atoms with Crippen molar-refractivity contribution in [3.8, 4) is 11.5 Å². The lowest BCUT2D eigenvalue weighted by Gasteiger charge is -2.15. The molecular formula is C20H22N2O5S. The van der Waals surface area contributed by atoms with Gasteiger partial charge in [0.1, 0.15) is 11.4 Å². The lowest BCUT2D eigenvalue weighted by molar-refractivity contribution is 0.0905. The average Bonchev–Trinajstić information content (AvgIpc) is 3.05. The number of carbonyl (C=O) groups excluding carboxylic acids is 1. The van der Waals surface area contributed by atoms with Crippen LogP contribution in [0.15, 0.2) is 41.3 Å². The fourth-order valence-corrected chi connectivity index (χ4v) is 3.73. The van der Waals surface area contributed by atoms with Crippen LogP contribution in [0.5, 0.6) is 11.5 Å². The second kappa shape index (κ2) is 8.99. The van der Waals surface area contributed by atoms with E-state index < -0.39 is 0 Å². The topological polar surface area (TPSA) is 79.7 Å². The maximum absolute atomic E-state index is 12.7. The minimum atomic E-state index is -0.315. The normalized spacial score (nSPS) is 12.1. The molecule has 0 saturated heterocycles. The van der Waals surface area contributed by atoms with Crippen molar-refractivity contribution < 1.29 is 19.0 Å². The van der Waals surface area contributed by atoms with E-state index in [9.17, 15) is 9.59 Å². The number of fused-ring (bicyclic) bond motifs is 1. The fraction of sp³-hybridized carbons (Fsp3) is 0.350. The Morgan fingerprint density at radius 2 is 2.04 bits per heavy atom. The van der Waals surface area contributed by atoms with Crippen molar-refractivity contribution in [3.05, 3.63) is 52.4 Å². The summed E-state index contributed by atoms with van der Waals surface area (Å²) < 4.78 is 17.2. The fourth-order valence-electron chi connectivity index (χ4n) is 2.84. The number of pyridine rings is 1. The molecule has 2 aromatic heterocycles. The van der Waals surface area contributed by atoms with Crippen molar-refractivity contribution in [2.75, 3.05) is 27.4 Å². The SMILES string of the molecule is COCCOc1ccc(C(C)CC(=O)n2sc3ncccc3c2=O)cc1OC. The third-order valence-electron chi connectivity index (χ3n) is 4.37. The summed E-state index contributed by atoms with van der Waals surface area (Å²) in [6, 6.07) is 8.95. The van der Waals surface area contributed by atoms with Crippen molar-refractivity contribution in [1.82, 2.24) is 8.94 Å². The minimum Gasteiger partial charge on any atom is -0.493 e. The predicted molar refractivity (Wildman–Crippen MR) is 108 cm³/mol. The summed E-state index contributed by atoms with van der Waals surface area (Å²) in [5, 5.41) is 0.465. The summed E-state index contributed by atoms with van der Waals surface area (Å²) in [5.74, 6) is 0.865. The zero-order valence-electron chi connectivity index (χ0n) is 16.0. The van der Waals surface area contributed by atoms with E-state index in [-0.39, 0.29) is 23.8 Å². The van der Waals surface area contributed by atoms with Crippen LogP contribution in [0.1, 0.15) is 29.6 Å². The summed E-state index contributed by atoms with van der Waals surface area (Å²) in [6.07, 6.45) is 1.80. The Morgan fingerprint density at radius 1 is 1.21 bits per heavy atom. The largest absolute Gasteiger partial charge is 0.493 e. The molecule has 28 heavy (non-hydrogen) atoms. The molecule has 0 saturated carbocycles. The lowest BCUT2D eigenvalue weighted by atomic mass is 9.97. The Kier molecular flexibility index (Phi) is 6.43. The lowest BCUT2D eigenvalue weighted by Crippen LogP contribution is -2.22. The molecule has 8 heteroatoms. The molecule has 0 aliphatic carbocycles. The van der Waals surface area contributed by atoms with Gasteiger partial charge in [-0.15, -0.1) is 0 Å². The summed E-state index contributed by atoms with van der Waals surface area (Å²) in [6.45, 7) is 2.84. The molecule has 148 valence electrons.